The smallest absolute Gasteiger partial charge is 0.265 e. The second kappa shape index (κ2) is 7.23. The van der Waals surface area contributed by atoms with E-state index in [-0.39, 0.29) is 11.9 Å². The molecule has 0 aliphatic heterocycles. The summed E-state index contributed by atoms with van der Waals surface area (Å²) in [5.41, 5.74) is 2.42. The van der Waals surface area contributed by atoms with Crippen molar-refractivity contribution >= 4 is 17.4 Å². The molecule has 122 valence electrons. The Bertz CT molecular complexity index is 833. The Kier molecular flexibility index (Phi) is 4.86. The first-order chi connectivity index (χ1) is 11.7. The predicted molar refractivity (Wildman–Crippen MR) is 94.2 cm³/mol. The summed E-state index contributed by atoms with van der Waals surface area (Å²) < 4.78 is 9.18. The van der Waals surface area contributed by atoms with Gasteiger partial charge in [0.05, 0.1) is 13.2 Å². The SMILES string of the molecule is COc1cccc(-c2nnsc2C(=O)N[C@@H](C)c2ccccc2)c1. The molecule has 0 bridgehead atoms. The number of aromatic nitrogens is 2. The van der Waals surface area contributed by atoms with Gasteiger partial charge in [0.25, 0.3) is 5.91 Å². The lowest BCUT2D eigenvalue weighted by molar-refractivity contribution is 0.0944. The number of amides is 1. The van der Waals surface area contributed by atoms with Crippen LogP contribution in [0.1, 0.15) is 28.2 Å². The molecule has 1 aromatic heterocycles. The molecule has 0 aliphatic carbocycles. The number of rotatable bonds is 5. The van der Waals surface area contributed by atoms with Gasteiger partial charge in [0.2, 0.25) is 0 Å². The highest BCUT2D eigenvalue weighted by molar-refractivity contribution is 7.08. The Hall–Kier alpha value is -2.73. The van der Waals surface area contributed by atoms with E-state index in [9.17, 15) is 4.79 Å². The fraction of sp³-hybridized carbons (Fsp3) is 0.167. The summed E-state index contributed by atoms with van der Waals surface area (Å²) in [7, 11) is 1.60. The van der Waals surface area contributed by atoms with Gasteiger partial charge in [-0.25, -0.2) is 0 Å². The maximum Gasteiger partial charge on any atom is 0.265 e. The molecule has 0 aliphatic rings. The zero-order chi connectivity index (χ0) is 16.9. The standard InChI is InChI=1S/C18H17N3O2S/c1-12(13-7-4-3-5-8-13)19-18(22)17-16(20-21-24-17)14-9-6-10-15(11-14)23-2/h3-12H,1-2H3,(H,19,22)/t12-/m0/s1. The van der Waals surface area contributed by atoms with E-state index in [4.69, 9.17) is 4.74 Å². The van der Waals surface area contributed by atoms with Crippen LogP contribution in [0.3, 0.4) is 0 Å². The average Bonchev–Trinajstić information content (AvgIpc) is 3.12. The zero-order valence-electron chi connectivity index (χ0n) is 13.4. The van der Waals surface area contributed by atoms with Crippen molar-refractivity contribution < 1.29 is 9.53 Å². The van der Waals surface area contributed by atoms with Crippen molar-refractivity contribution in [3.8, 4) is 17.0 Å². The van der Waals surface area contributed by atoms with E-state index >= 15 is 0 Å². The molecule has 0 saturated carbocycles. The number of ether oxygens (including phenoxy) is 1. The second-order valence-corrected chi connectivity index (χ2v) is 6.04. The zero-order valence-corrected chi connectivity index (χ0v) is 14.2. The molecule has 1 atom stereocenters. The molecule has 0 fully saturated rings. The number of nitrogens with zero attached hydrogens (tertiary/aromatic N) is 2. The lowest BCUT2D eigenvalue weighted by Crippen LogP contribution is -2.26. The number of carbonyl (C=O) groups is 1. The Morgan fingerprint density at radius 1 is 1.17 bits per heavy atom. The fourth-order valence-corrected chi connectivity index (χ4v) is 2.98. The summed E-state index contributed by atoms with van der Waals surface area (Å²) in [4.78, 5) is 13.1. The third kappa shape index (κ3) is 3.44. The minimum atomic E-state index is -0.181. The van der Waals surface area contributed by atoms with Gasteiger partial charge in [0.1, 0.15) is 16.3 Å². The van der Waals surface area contributed by atoms with E-state index in [1.165, 1.54) is 0 Å². The van der Waals surface area contributed by atoms with Gasteiger partial charge in [0, 0.05) is 5.56 Å². The van der Waals surface area contributed by atoms with E-state index in [1.807, 2.05) is 61.5 Å². The first-order valence-electron chi connectivity index (χ1n) is 7.51. The third-order valence-electron chi connectivity index (χ3n) is 3.68. The van der Waals surface area contributed by atoms with Crippen LogP contribution >= 0.6 is 11.5 Å². The van der Waals surface area contributed by atoms with E-state index in [0.29, 0.717) is 16.3 Å². The van der Waals surface area contributed by atoms with Crippen molar-refractivity contribution in [2.45, 2.75) is 13.0 Å². The van der Waals surface area contributed by atoms with Crippen molar-refractivity contribution in [2.24, 2.45) is 0 Å². The fourth-order valence-electron chi connectivity index (χ4n) is 2.39. The Balaban J connectivity index is 1.83. The first kappa shape index (κ1) is 16.1. The van der Waals surface area contributed by atoms with Gasteiger partial charge in [-0.1, -0.05) is 47.0 Å². The largest absolute Gasteiger partial charge is 0.497 e. The highest BCUT2D eigenvalue weighted by atomic mass is 32.1. The van der Waals surface area contributed by atoms with Crippen molar-refractivity contribution in [3.05, 3.63) is 65.0 Å². The Morgan fingerprint density at radius 3 is 2.71 bits per heavy atom. The molecule has 1 heterocycles. The molecule has 5 nitrogen and oxygen atoms in total. The Labute approximate surface area is 144 Å². The summed E-state index contributed by atoms with van der Waals surface area (Å²) in [5.74, 6) is 0.531. The molecular weight excluding hydrogens is 322 g/mol. The lowest BCUT2D eigenvalue weighted by atomic mass is 10.1. The molecule has 3 aromatic rings. The molecule has 0 radical (unpaired) electrons. The van der Waals surface area contributed by atoms with Crippen LogP contribution in [0.4, 0.5) is 0 Å². The van der Waals surface area contributed by atoms with Gasteiger partial charge in [0.15, 0.2) is 0 Å². The maximum atomic E-state index is 12.6. The van der Waals surface area contributed by atoms with Gasteiger partial charge in [-0.3, -0.25) is 4.79 Å². The molecule has 3 rings (SSSR count). The number of methoxy groups -OCH3 is 1. The summed E-state index contributed by atoms with van der Waals surface area (Å²) >= 11 is 1.09. The van der Waals surface area contributed by atoms with Gasteiger partial charge >= 0.3 is 0 Å². The van der Waals surface area contributed by atoms with E-state index in [0.717, 1.165) is 22.7 Å². The van der Waals surface area contributed by atoms with Gasteiger partial charge in [-0.2, -0.15) is 0 Å². The first-order valence-corrected chi connectivity index (χ1v) is 8.29. The topological polar surface area (TPSA) is 64.1 Å². The monoisotopic (exact) mass is 339 g/mol. The highest BCUT2D eigenvalue weighted by Gasteiger charge is 2.20. The highest BCUT2D eigenvalue weighted by Crippen LogP contribution is 2.27. The van der Waals surface area contributed by atoms with Crippen LogP contribution in [-0.2, 0) is 0 Å². The minimum Gasteiger partial charge on any atom is -0.497 e. The van der Waals surface area contributed by atoms with Crippen LogP contribution in [-0.4, -0.2) is 22.6 Å². The maximum absolute atomic E-state index is 12.6. The number of hydrogen-bond donors (Lipinski definition) is 1. The van der Waals surface area contributed by atoms with Crippen LogP contribution in [0, 0.1) is 0 Å². The molecule has 24 heavy (non-hydrogen) atoms. The van der Waals surface area contributed by atoms with Gasteiger partial charge in [-0.15, -0.1) is 5.10 Å². The van der Waals surface area contributed by atoms with Crippen molar-refractivity contribution in [1.82, 2.24) is 14.9 Å². The van der Waals surface area contributed by atoms with Crippen molar-refractivity contribution in [3.63, 3.8) is 0 Å². The molecule has 0 saturated heterocycles. The summed E-state index contributed by atoms with van der Waals surface area (Å²) in [6.07, 6.45) is 0. The minimum absolute atomic E-state index is 0.0982. The quantitative estimate of drug-likeness (QED) is 0.770. The number of benzene rings is 2. The molecule has 6 heteroatoms. The van der Waals surface area contributed by atoms with Crippen LogP contribution in [0.25, 0.3) is 11.3 Å². The van der Waals surface area contributed by atoms with Crippen molar-refractivity contribution in [1.29, 1.82) is 0 Å². The predicted octanol–water partition coefficient (Wildman–Crippen LogP) is 3.70. The van der Waals surface area contributed by atoms with E-state index < -0.39 is 0 Å². The summed E-state index contributed by atoms with van der Waals surface area (Å²) in [5, 5.41) is 7.11. The van der Waals surface area contributed by atoms with Crippen LogP contribution in [0.15, 0.2) is 54.6 Å². The van der Waals surface area contributed by atoms with Crippen molar-refractivity contribution in [2.75, 3.05) is 7.11 Å². The van der Waals surface area contributed by atoms with E-state index in [1.54, 1.807) is 7.11 Å². The van der Waals surface area contributed by atoms with E-state index in [2.05, 4.69) is 14.9 Å². The second-order valence-electron chi connectivity index (χ2n) is 5.29. The lowest BCUT2D eigenvalue weighted by Gasteiger charge is -2.13. The normalized spacial score (nSPS) is 11.8. The van der Waals surface area contributed by atoms with Crippen LogP contribution in [0.5, 0.6) is 5.75 Å². The molecule has 0 spiro atoms. The average molecular weight is 339 g/mol. The third-order valence-corrected chi connectivity index (χ3v) is 4.41. The van der Waals surface area contributed by atoms with Gasteiger partial charge in [-0.05, 0) is 36.2 Å². The summed E-state index contributed by atoms with van der Waals surface area (Å²) in [6.45, 7) is 1.95. The number of nitrogens with one attached hydrogen (secondary N) is 1. The molecule has 2 aromatic carbocycles. The number of carbonyl (C=O) groups excluding carboxylic acids is 1. The van der Waals surface area contributed by atoms with Gasteiger partial charge < -0.3 is 10.1 Å². The number of hydrogen-bond acceptors (Lipinski definition) is 5. The molecule has 0 unspecified atom stereocenters. The van der Waals surface area contributed by atoms with Crippen LogP contribution < -0.4 is 10.1 Å². The Morgan fingerprint density at radius 2 is 1.96 bits per heavy atom. The summed E-state index contributed by atoms with van der Waals surface area (Å²) in [6, 6.07) is 17.2. The van der Waals surface area contributed by atoms with Crippen LogP contribution in [0.2, 0.25) is 0 Å². The molecule has 1 N–H and O–H groups in total. The molecular formula is C18H17N3O2S. The molecule has 1 amide bonds.